The van der Waals surface area contributed by atoms with Crippen molar-refractivity contribution in [1.29, 1.82) is 0 Å². The van der Waals surface area contributed by atoms with E-state index >= 15 is 0 Å². The molecule has 0 radical (unpaired) electrons. The minimum Gasteiger partial charge on any atom is -0.330 e. The summed E-state index contributed by atoms with van der Waals surface area (Å²) in [5, 5.41) is 8.63. The molecule has 1 atom stereocenters. The molecule has 1 fully saturated rings. The van der Waals surface area contributed by atoms with E-state index in [1.807, 2.05) is 38.1 Å². The van der Waals surface area contributed by atoms with Crippen molar-refractivity contribution in [2.75, 3.05) is 23.4 Å². The van der Waals surface area contributed by atoms with Gasteiger partial charge in [-0.15, -0.1) is 5.10 Å². The van der Waals surface area contributed by atoms with Crippen molar-refractivity contribution >= 4 is 44.2 Å². The third-order valence-corrected chi connectivity index (χ3v) is 7.41. The topological polar surface area (TPSA) is 67.2 Å². The Morgan fingerprint density at radius 2 is 2.20 bits per heavy atom. The van der Waals surface area contributed by atoms with Gasteiger partial charge in [-0.3, -0.25) is 4.90 Å². The van der Waals surface area contributed by atoms with Crippen LogP contribution in [0.1, 0.15) is 18.9 Å². The Balaban J connectivity index is 1.74. The van der Waals surface area contributed by atoms with Crippen molar-refractivity contribution in [3.8, 4) is 0 Å². The van der Waals surface area contributed by atoms with Crippen LogP contribution in [0.3, 0.4) is 0 Å². The quantitative estimate of drug-likeness (QED) is 0.754. The first-order chi connectivity index (χ1) is 11.9. The number of aryl methyl sites for hydroxylation is 1. The number of hydrogen-bond donors (Lipinski definition) is 1. The Bertz CT molecular complexity index is 904. The van der Waals surface area contributed by atoms with Crippen molar-refractivity contribution in [2.24, 2.45) is 0 Å². The van der Waals surface area contributed by atoms with Gasteiger partial charge in [0.05, 0.1) is 18.2 Å². The highest BCUT2D eigenvalue weighted by atomic mass is 32.2. The molecule has 0 spiro atoms. The first kappa shape index (κ1) is 18.5. The van der Waals surface area contributed by atoms with Gasteiger partial charge < -0.3 is 5.32 Å². The van der Waals surface area contributed by atoms with Crippen LogP contribution in [0.4, 0.5) is 10.8 Å². The lowest BCUT2D eigenvalue weighted by atomic mass is 10.2. The number of hydrogen-bond acceptors (Lipinski definition) is 7. The van der Waals surface area contributed by atoms with Crippen LogP contribution in [-0.2, 0) is 16.5 Å². The first-order valence-electron chi connectivity index (χ1n) is 8.23. The number of anilines is 2. The Hall–Kier alpha value is -1.29. The van der Waals surface area contributed by atoms with Gasteiger partial charge in [0.15, 0.2) is 13.8 Å². The molecule has 6 nitrogen and oxygen atoms in total. The van der Waals surface area contributed by atoms with Gasteiger partial charge in [0.1, 0.15) is 0 Å². The molecule has 1 aromatic carbocycles. The van der Waals surface area contributed by atoms with E-state index in [2.05, 4.69) is 15.3 Å². The molecule has 0 saturated carbocycles. The molecule has 0 amide bonds. The molecule has 2 heterocycles. The summed E-state index contributed by atoms with van der Waals surface area (Å²) in [5.74, 6) is 0.503. The molecule has 0 bridgehead atoms. The van der Waals surface area contributed by atoms with Gasteiger partial charge in [-0.1, -0.05) is 36.5 Å². The number of sulfone groups is 1. The summed E-state index contributed by atoms with van der Waals surface area (Å²) in [4.78, 5) is 2.14. The molecule has 1 saturated heterocycles. The first-order valence-corrected chi connectivity index (χ1v) is 11.3. The highest BCUT2D eigenvalue weighted by Crippen LogP contribution is 2.24. The average molecular weight is 399 g/mol. The molecule has 9 heteroatoms. The Morgan fingerprint density at radius 3 is 2.84 bits per heavy atom. The SMILES string of the molecule is CCN(Cn1nc(Nc2ccccc2C)sc1=S)[C@@H]1CCS(=O)(=O)C1. The second-order valence-electron chi connectivity index (χ2n) is 6.22. The van der Waals surface area contributed by atoms with E-state index in [-0.39, 0.29) is 17.5 Å². The Morgan fingerprint density at radius 1 is 1.44 bits per heavy atom. The van der Waals surface area contributed by atoms with E-state index in [9.17, 15) is 8.42 Å². The number of aromatic nitrogens is 2. The van der Waals surface area contributed by atoms with Gasteiger partial charge in [0, 0.05) is 11.7 Å². The molecular weight excluding hydrogens is 376 g/mol. The predicted octanol–water partition coefficient (Wildman–Crippen LogP) is 3.19. The van der Waals surface area contributed by atoms with E-state index in [4.69, 9.17) is 12.2 Å². The fourth-order valence-corrected chi connectivity index (χ4v) is 5.75. The highest BCUT2D eigenvalue weighted by Gasteiger charge is 2.31. The molecule has 0 aliphatic carbocycles. The van der Waals surface area contributed by atoms with Crippen LogP contribution in [0.5, 0.6) is 0 Å². The third-order valence-electron chi connectivity index (χ3n) is 4.44. The third kappa shape index (κ3) is 4.46. The van der Waals surface area contributed by atoms with Crippen LogP contribution >= 0.6 is 23.6 Å². The summed E-state index contributed by atoms with van der Waals surface area (Å²) in [6, 6.07) is 8.07. The average Bonchev–Trinajstić information content (AvgIpc) is 3.09. The van der Waals surface area contributed by atoms with E-state index in [0.29, 0.717) is 17.0 Å². The van der Waals surface area contributed by atoms with E-state index in [0.717, 1.165) is 22.9 Å². The normalized spacial score (nSPS) is 19.4. The summed E-state index contributed by atoms with van der Waals surface area (Å²) in [6.45, 7) is 5.35. The van der Waals surface area contributed by atoms with Crippen molar-refractivity contribution in [2.45, 2.75) is 33.0 Å². The molecule has 1 N–H and O–H groups in total. The standard InChI is InChI=1S/C16H22N4O2S3/c1-3-19(13-8-9-25(21,22)10-13)11-20-16(23)24-15(18-20)17-14-7-5-4-6-12(14)2/h4-7,13H,3,8-11H2,1-2H3,(H,17,18)/t13-/m1/s1. The fraction of sp³-hybridized carbons (Fsp3) is 0.500. The van der Waals surface area contributed by atoms with E-state index in [1.165, 1.54) is 11.3 Å². The molecule has 1 aliphatic rings. The lowest BCUT2D eigenvalue weighted by molar-refractivity contribution is 0.165. The molecule has 25 heavy (non-hydrogen) atoms. The molecule has 3 rings (SSSR count). The summed E-state index contributed by atoms with van der Waals surface area (Å²) >= 11 is 6.87. The van der Waals surface area contributed by atoms with Gasteiger partial charge in [-0.05, 0) is 43.7 Å². The van der Waals surface area contributed by atoms with Crippen LogP contribution in [0.2, 0.25) is 0 Å². The molecule has 2 aromatic rings. The second kappa shape index (κ2) is 7.53. The van der Waals surface area contributed by atoms with Crippen LogP contribution in [0.25, 0.3) is 0 Å². The highest BCUT2D eigenvalue weighted by molar-refractivity contribution is 7.91. The van der Waals surface area contributed by atoms with E-state index < -0.39 is 9.84 Å². The lowest BCUT2D eigenvalue weighted by Crippen LogP contribution is -2.37. The zero-order valence-electron chi connectivity index (χ0n) is 14.3. The molecule has 1 aliphatic heterocycles. The van der Waals surface area contributed by atoms with Gasteiger partial charge >= 0.3 is 0 Å². The van der Waals surface area contributed by atoms with Crippen LogP contribution in [0.15, 0.2) is 24.3 Å². The van der Waals surface area contributed by atoms with Gasteiger partial charge in [0.2, 0.25) is 5.13 Å². The summed E-state index contributed by atoms with van der Waals surface area (Å²) < 4.78 is 25.9. The van der Waals surface area contributed by atoms with Crippen molar-refractivity contribution < 1.29 is 8.42 Å². The zero-order valence-corrected chi connectivity index (χ0v) is 16.8. The van der Waals surface area contributed by atoms with E-state index in [1.54, 1.807) is 4.68 Å². The maximum absolute atomic E-state index is 11.7. The molecule has 1 aromatic heterocycles. The maximum Gasteiger partial charge on any atom is 0.209 e. The zero-order chi connectivity index (χ0) is 18.0. The maximum atomic E-state index is 11.7. The van der Waals surface area contributed by atoms with Gasteiger partial charge in [0.25, 0.3) is 0 Å². The molecule has 136 valence electrons. The largest absolute Gasteiger partial charge is 0.330 e. The smallest absolute Gasteiger partial charge is 0.209 e. The number of nitrogens with zero attached hydrogens (tertiary/aromatic N) is 3. The van der Waals surface area contributed by atoms with Crippen molar-refractivity contribution in [3.63, 3.8) is 0 Å². The van der Waals surface area contributed by atoms with Gasteiger partial charge in [-0.2, -0.15) is 0 Å². The monoisotopic (exact) mass is 398 g/mol. The second-order valence-corrected chi connectivity index (χ2v) is 10.1. The number of nitrogens with one attached hydrogen (secondary N) is 1. The van der Waals surface area contributed by atoms with Crippen LogP contribution in [-0.4, -0.2) is 47.2 Å². The number of rotatable bonds is 6. The predicted molar refractivity (Wildman–Crippen MR) is 105 cm³/mol. The fourth-order valence-electron chi connectivity index (χ4n) is 2.98. The van der Waals surface area contributed by atoms with Crippen LogP contribution < -0.4 is 5.32 Å². The number of para-hydroxylation sites is 1. The molecule has 0 unspecified atom stereocenters. The van der Waals surface area contributed by atoms with Crippen molar-refractivity contribution in [1.82, 2.24) is 14.7 Å². The minimum absolute atomic E-state index is 0.0476. The molecular formula is C16H22N4O2S3. The van der Waals surface area contributed by atoms with Gasteiger partial charge in [-0.25, -0.2) is 13.1 Å². The lowest BCUT2D eigenvalue weighted by Gasteiger charge is -2.25. The summed E-state index contributed by atoms with van der Waals surface area (Å²) in [5.41, 5.74) is 2.15. The Labute approximate surface area is 157 Å². The minimum atomic E-state index is -2.90. The summed E-state index contributed by atoms with van der Waals surface area (Å²) in [6.07, 6.45) is 0.682. The van der Waals surface area contributed by atoms with Crippen LogP contribution in [0, 0.1) is 10.9 Å². The van der Waals surface area contributed by atoms with Crippen molar-refractivity contribution in [3.05, 3.63) is 33.8 Å². The Kier molecular flexibility index (Phi) is 5.57. The number of benzene rings is 1. The summed E-state index contributed by atoms with van der Waals surface area (Å²) in [7, 11) is -2.90.